The van der Waals surface area contributed by atoms with Crippen molar-refractivity contribution in [3.05, 3.63) is 59.7 Å². The van der Waals surface area contributed by atoms with E-state index in [-0.39, 0.29) is 12.4 Å². The van der Waals surface area contributed by atoms with Gasteiger partial charge in [0.15, 0.2) is 5.75 Å². The van der Waals surface area contributed by atoms with Gasteiger partial charge in [0, 0.05) is 6.20 Å². The van der Waals surface area contributed by atoms with Crippen molar-refractivity contribution in [2.24, 2.45) is 0 Å². The van der Waals surface area contributed by atoms with E-state index in [1.807, 2.05) is 0 Å². The molecule has 0 fully saturated rings. The molecule has 1 aromatic heterocycles. The predicted molar refractivity (Wildman–Crippen MR) is 60.0 cm³/mol. The van der Waals surface area contributed by atoms with Crippen LogP contribution >= 0.6 is 0 Å². The maximum atomic E-state index is 13.1. The second-order valence-electron chi connectivity index (χ2n) is 3.78. The molecule has 0 atom stereocenters. The third kappa shape index (κ3) is 3.43. The van der Waals surface area contributed by atoms with Crippen LogP contribution in [0.15, 0.2) is 42.6 Å². The van der Waals surface area contributed by atoms with Crippen molar-refractivity contribution in [2.75, 3.05) is 0 Å². The van der Waals surface area contributed by atoms with Gasteiger partial charge in [-0.2, -0.15) is 17.6 Å². The number of halogens is 4. The molecule has 0 amide bonds. The fourth-order valence-electron chi connectivity index (χ4n) is 1.43. The van der Waals surface area contributed by atoms with Crippen LogP contribution in [0.1, 0.15) is 11.1 Å². The van der Waals surface area contributed by atoms with Crippen LogP contribution in [0.2, 0.25) is 0 Å². The van der Waals surface area contributed by atoms with Crippen molar-refractivity contribution in [3.8, 4) is 5.75 Å². The Morgan fingerprint density at radius 3 is 2.32 bits per heavy atom. The van der Waals surface area contributed by atoms with Gasteiger partial charge in [0.1, 0.15) is 6.61 Å². The minimum atomic E-state index is -4.37. The van der Waals surface area contributed by atoms with E-state index in [4.69, 9.17) is 4.74 Å². The molecule has 0 saturated carbocycles. The number of hydrogen-bond acceptors (Lipinski definition) is 2. The summed E-state index contributed by atoms with van der Waals surface area (Å²) in [6.45, 7) is -0.0270. The van der Waals surface area contributed by atoms with E-state index in [2.05, 4.69) is 4.98 Å². The number of rotatable bonds is 3. The molecule has 19 heavy (non-hydrogen) atoms. The maximum Gasteiger partial charge on any atom is 0.416 e. The van der Waals surface area contributed by atoms with E-state index >= 15 is 0 Å². The van der Waals surface area contributed by atoms with E-state index in [1.54, 1.807) is 0 Å². The normalized spacial score (nSPS) is 11.4. The molecule has 2 aromatic rings. The molecule has 2 nitrogen and oxygen atoms in total. The molecule has 1 aromatic carbocycles. The quantitative estimate of drug-likeness (QED) is 0.625. The molecular weight excluding hydrogens is 262 g/mol. The summed E-state index contributed by atoms with van der Waals surface area (Å²) >= 11 is 0. The van der Waals surface area contributed by atoms with Gasteiger partial charge in [-0.05, 0) is 29.8 Å². The van der Waals surface area contributed by atoms with Gasteiger partial charge in [-0.15, -0.1) is 0 Å². The van der Waals surface area contributed by atoms with Crippen molar-refractivity contribution in [1.82, 2.24) is 4.98 Å². The van der Waals surface area contributed by atoms with Crippen molar-refractivity contribution in [1.29, 1.82) is 0 Å². The number of benzene rings is 1. The van der Waals surface area contributed by atoms with Crippen LogP contribution in [0.4, 0.5) is 17.6 Å². The maximum absolute atomic E-state index is 13.1. The first kappa shape index (κ1) is 13.3. The number of pyridine rings is 1. The molecule has 6 heteroatoms. The second-order valence-corrected chi connectivity index (χ2v) is 3.78. The molecule has 0 unspecified atom stereocenters. The first-order valence-electron chi connectivity index (χ1n) is 5.36. The molecule has 0 aliphatic rings. The molecule has 0 N–H and O–H groups in total. The molecule has 0 spiro atoms. The van der Waals surface area contributed by atoms with Gasteiger partial charge >= 0.3 is 6.18 Å². The largest absolute Gasteiger partial charge is 0.484 e. The summed E-state index contributed by atoms with van der Waals surface area (Å²) in [5.41, 5.74) is -0.222. The zero-order chi connectivity index (χ0) is 13.9. The Hall–Kier alpha value is -2.11. The van der Waals surface area contributed by atoms with Crippen LogP contribution in [0.25, 0.3) is 0 Å². The standard InChI is InChI=1S/C13H9F4NO/c14-12-11(2-1-7-18-12)19-8-9-3-5-10(6-4-9)13(15,16)17/h1-7H,8H2. The van der Waals surface area contributed by atoms with Crippen molar-refractivity contribution in [3.63, 3.8) is 0 Å². The van der Waals surface area contributed by atoms with Crippen molar-refractivity contribution < 1.29 is 22.3 Å². The average molecular weight is 271 g/mol. The molecule has 0 aliphatic heterocycles. The minimum absolute atomic E-state index is 0.0270. The first-order valence-corrected chi connectivity index (χ1v) is 5.36. The summed E-state index contributed by atoms with van der Waals surface area (Å²) in [6.07, 6.45) is -3.09. The van der Waals surface area contributed by atoms with Gasteiger partial charge in [-0.1, -0.05) is 12.1 Å². The third-order valence-electron chi connectivity index (χ3n) is 2.40. The smallest absolute Gasteiger partial charge is 0.416 e. The SMILES string of the molecule is Fc1ncccc1OCc1ccc(C(F)(F)F)cc1. The Kier molecular flexibility index (Phi) is 3.69. The fraction of sp³-hybridized carbons (Fsp3) is 0.154. The number of nitrogens with zero attached hydrogens (tertiary/aromatic N) is 1. The average Bonchev–Trinajstić information content (AvgIpc) is 2.37. The highest BCUT2D eigenvalue weighted by molar-refractivity contribution is 5.25. The summed E-state index contributed by atoms with van der Waals surface area (Å²) in [7, 11) is 0. The second kappa shape index (κ2) is 5.26. The lowest BCUT2D eigenvalue weighted by Gasteiger charge is -2.09. The van der Waals surface area contributed by atoms with Crippen molar-refractivity contribution in [2.45, 2.75) is 12.8 Å². The van der Waals surface area contributed by atoms with Gasteiger partial charge in [-0.25, -0.2) is 4.98 Å². The Balaban J connectivity index is 2.03. The number of ether oxygens (including phenoxy) is 1. The highest BCUT2D eigenvalue weighted by Crippen LogP contribution is 2.29. The van der Waals surface area contributed by atoms with Gasteiger partial charge in [0.05, 0.1) is 5.56 Å². The molecule has 1 heterocycles. The van der Waals surface area contributed by atoms with Gasteiger partial charge in [0.25, 0.3) is 5.95 Å². The minimum Gasteiger partial charge on any atom is -0.484 e. The van der Waals surface area contributed by atoms with Crippen LogP contribution < -0.4 is 4.74 Å². The molecule has 2 rings (SSSR count). The topological polar surface area (TPSA) is 22.1 Å². The van der Waals surface area contributed by atoms with Crippen LogP contribution in [0, 0.1) is 5.95 Å². The van der Waals surface area contributed by atoms with E-state index in [1.165, 1.54) is 30.5 Å². The monoisotopic (exact) mass is 271 g/mol. The van der Waals surface area contributed by atoms with Crippen LogP contribution in [0.5, 0.6) is 5.75 Å². The van der Waals surface area contributed by atoms with E-state index in [0.717, 1.165) is 12.1 Å². The van der Waals surface area contributed by atoms with Crippen LogP contribution in [-0.2, 0) is 12.8 Å². The zero-order valence-corrected chi connectivity index (χ0v) is 9.62. The molecule has 0 radical (unpaired) electrons. The molecule has 100 valence electrons. The lowest BCUT2D eigenvalue weighted by Crippen LogP contribution is -2.05. The fourth-order valence-corrected chi connectivity index (χ4v) is 1.43. The Bertz CT molecular complexity index is 551. The predicted octanol–water partition coefficient (Wildman–Crippen LogP) is 3.82. The summed E-state index contributed by atoms with van der Waals surface area (Å²) < 4.78 is 55.3. The number of hydrogen-bond donors (Lipinski definition) is 0. The van der Waals surface area contributed by atoms with E-state index in [9.17, 15) is 17.6 Å². The Labute approximate surface area is 106 Å². The van der Waals surface area contributed by atoms with Gasteiger partial charge < -0.3 is 4.74 Å². The van der Waals surface area contributed by atoms with E-state index < -0.39 is 17.7 Å². The highest BCUT2D eigenvalue weighted by atomic mass is 19.4. The first-order chi connectivity index (χ1) is 8.97. The van der Waals surface area contributed by atoms with Gasteiger partial charge in [-0.3, -0.25) is 0 Å². The molecule has 0 bridgehead atoms. The summed E-state index contributed by atoms with van der Waals surface area (Å²) in [4.78, 5) is 3.40. The zero-order valence-electron chi connectivity index (χ0n) is 9.62. The highest BCUT2D eigenvalue weighted by Gasteiger charge is 2.29. The summed E-state index contributed by atoms with van der Waals surface area (Å²) in [5, 5.41) is 0. The van der Waals surface area contributed by atoms with Gasteiger partial charge in [0.2, 0.25) is 0 Å². The number of alkyl halides is 3. The lowest BCUT2D eigenvalue weighted by atomic mass is 10.1. The molecule has 0 saturated heterocycles. The Morgan fingerprint density at radius 1 is 1.05 bits per heavy atom. The molecular formula is C13H9F4NO. The Morgan fingerprint density at radius 2 is 1.74 bits per heavy atom. The molecule has 0 aliphatic carbocycles. The summed E-state index contributed by atoms with van der Waals surface area (Å²) in [5.74, 6) is -0.795. The van der Waals surface area contributed by atoms with E-state index in [0.29, 0.717) is 5.56 Å². The van der Waals surface area contributed by atoms with Crippen molar-refractivity contribution >= 4 is 0 Å². The van der Waals surface area contributed by atoms with Crippen LogP contribution in [0.3, 0.4) is 0 Å². The summed E-state index contributed by atoms with van der Waals surface area (Å²) in [6, 6.07) is 7.39. The number of aromatic nitrogens is 1. The lowest BCUT2D eigenvalue weighted by molar-refractivity contribution is -0.137. The third-order valence-corrected chi connectivity index (χ3v) is 2.40. The van der Waals surface area contributed by atoms with Crippen LogP contribution in [-0.4, -0.2) is 4.98 Å².